The highest BCUT2D eigenvalue weighted by atomic mass is 32.1. The summed E-state index contributed by atoms with van der Waals surface area (Å²) >= 11 is 1.09. The summed E-state index contributed by atoms with van der Waals surface area (Å²) in [6, 6.07) is 5.96. The van der Waals surface area contributed by atoms with Crippen LogP contribution in [0.2, 0.25) is 0 Å². The minimum absolute atomic E-state index is 0.0353. The number of aromatic nitrogens is 1. The molecule has 1 amide bonds. The second-order valence-electron chi connectivity index (χ2n) is 5.14. The number of thiazole rings is 1. The molecule has 1 unspecified atom stereocenters. The fourth-order valence-corrected chi connectivity index (χ4v) is 3.14. The van der Waals surface area contributed by atoms with Gasteiger partial charge in [-0.2, -0.15) is 0 Å². The third-order valence-corrected chi connectivity index (χ3v) is 4.63. The van der Waals surface area contributed by atoms with E-state index in [0.717, 1.165) is 22.6 Å². The van der Waals surface area contributed by atoms with Gasteiger partial charge in [0.05, 0.1) is 6.04 Å². The van der Waals surface area contributed by atoms with Crippen LogP contribution in [0.3, 0.4) is 0 Å². The zero-order valence-corrected chi connectivity index (χ0v) is 13.7. The van der Waals surface area contributed by atoms with Crippen LogP contribution in [-0.2, 0) is 11.3 Å². The summed E-state index contributed by atoms with van der Waals surface area (Å²) in [4.78, 5) is 25.8. The Balaban J connectivity index is 2.18. The molecule has 22 heavy (non-hydrogen) atoms. The average Bonchev–Trinajstić information content (AvgIpc) is 2.80. The molecule has 1 heterocycles. The van der Waals surface area contributed by atoms with Gasteiger partial charge in [0.25, 0.3) is 0 Å². The molecule has 0 saturated heterocycles. The molecule has 0 saturated carbocycles. The molecule has 4 nitrogen and oxygen atoms in total. The van der Waals surface area contributed by atoms with Crippen LogP contribution in [0.1, 0.15) is 31.1 Å². The molecule has 1 atom stereocenters. The van der Waals surface area contributed by atoms with Crippen LogP contribution in [-0.4, -0.2) is 21.9 Å². The van der Waals surface area contributed by atoms with Crippen molar-refractivity contribution in [3.8, 4) is 0 Å². The SMILES string of the molecule is CCN(C(=O)Cn1c(C)csc1=O)C(C)c1ccc(F)cc1. The van der Waals surface area contributed by atoms with E-state index in [9.17, 15) is 14.0 Å². The Labute approximate surface area is 132 Å². The normalized spacial score (nSPS) is 12.2. The predicted octanol–water partition coefficient (Wildman–Crippen LogP) is 2.97. The first kappa shape index (κ1) is 16.4. The van der Waals surface area contributed by atoms with Crippen LogP contribution in [0, 0.1) is 12.7 Å². The number of hydrogen-bond acceptors (Lipinski definition) is 3. The fraction of sp³-hybridized carbons (Fsp3) is 0.375. The van der Waals surface area contributed by atoms with Gasteiger partial charge in [0.15, 0.2) is 0 Å². The highest BCUT2D eigenvalue weighted by molar-refractivity contribution is 7.07. The van der Waals surface area contributed by atoms with E-state index in [1.807, 2.05) is 20.8 Å². The summed E-state index contributed by atoms with van der Waals surface area (Å²) in [5, 5.41) is 1.75. The smallest absolute Gasteiger partial charge is 0.307 e. The number of carbonyl (C=O) groups excluding carboxylic acids is 1. The Morgan fingerprint density at radius 1 is 1.36 bits per heavy atom. The lowest BCUT2D eigenvalue weighted by molar-refractivity contribution is -0.133. The van der Waals surface area contributed by atoms with E-state index in [4.69, 9.17) is 0 Å². The van der Waals surface area contributed by atoms with Gasteiger partial charge in [0.2, 0.25) is 5.91 Å². The Kier molecular flexibility index (Phi) is 5.13. The molecule has 0 N–H and O–H groups in total. The van der Waals surface area contributed by atoms with Crippen molar-refractivity contribution in [3.05, 3.63) is 56.4 Å². The fourth-order valence-electron chi connectivity index (χ4n) is 2.41. The van der Waals surface area contributed by atoms with Crippen molar-refractivity contribution in [1.29, 1.82) is 0 Å². The molecule has 0 spiro atoms. The van der Waals surface area contributed by atoms with Crippen LogP contribution in [0.25, 0.3) is 0 Å². The Morgan fingerprint density at radius 3 is 2.50 bits per heavy atom. The lowest BCUT2D eigenvalue weighted by atomic mass is 10.1. The first-order chi connectivity index (χ1) is 10.4. The van der Waals surface area contributed by atoms with Crippen LogP contribution < -0.4 is 4.87 Å². The van der Waals surface area contributed by atoms with E-state index >= 15 is 0 Å². The van der Waals surface area contributed by atoms with Gasteiger partial charge in [0, 0.05) is 17.6 Å². The van der Waals surface area contributed by atoms with E-state index in [2.05, 4.69) is 0 Å². The van der Waals surface area contributed by atoms with E-state index < -0.39 is 0 Å². The molecular weight excluding hydrogens is 303 g/mol. The Hall–Kier alpha value is -1.95. The summed E-state index contributed by atoms with van der Waals surface area (Å²) in [5.74, 6) is -0.422. The minimum Gasteiger partial charge on any atom is -0.335 e. The van der Waals surface area contributed by atoms with E-state index in [-0.39, 0.29) is 29.2 Å². The van der Waals surface area contributed by atoms with Crippen molar-refractivity contribution in [2.24, 2.45) is 0 Å². The van der Waals surface area contributed by atoms with Crippen molar-refractivity contribution >= 4 is 17.2 Å². The molecule has 0 radical (unpaired) electrons. The number of nitrogens with zero attached hydrogens (tertiary/aromatic N) is 2. The average molecular weight is 322 g/mol. The molecule has 1 aromatic carbocycles. The van der Waals surface area contributed by atoms with Gasteiger partial charge in [-0.3, -0.25) is 14.2 Å². The molecule has 0 aliphatic carbocycles. The zero-order valence-electron chi connectivity index (χ0n) is 12.9. The summed E-state index contributed by atoms with van der Waals surface area (Å²) in [6.45, 7) is 6.16. The van der Waals surface area contributed by atoms with Crippen molar-refractivity contribution in [3.63, 3.8) is 0 Å². The third kappa shape index (κ3) is 3.44. The lowest BCUT2D eigenvalue weighted by Gasteiger charge is -2.28. The number of halogens is 1. The lowest BCUT2D eigenvalue weighted by Crippen LogP contribution is -2.37. The van der Waals surface area contributed by atoms with Gasteiger partial charge in [0.1, 0.15) is 12.4 Å². The minimum atomic E-state index is -0.300. The molecule has 0 aliphatic heterocycles. The molecule has 1 aromatic heterocycles. The van der Waals surface area contributed by atoms with E-state index in [1.165, 1.54) is 16.7 Å². The van der Waals surface area contributed by atoms with E-state index in [1.54, 1.807) is 22.4 Å². The second kappa shape index (κ2) is 6.87. The monoisotopic (exact) mass is 322 g/mol. The van der Waals surface area contributed by atoms with Gasteiger partial charge in [-0.15, -0.1) is 0 Å². The topological polar surface area (TPSA) is 42.3 Å². The van der Waals surface area contributed by atoms with Crippen LogP contribution in [0.5, 0.6) is 0 Å². The van der Waals surface area contributed by atoms with Crippen molar-refractivity contribution < 1.29 is 9.18 Å². The number of hydrogen-bond donors (Lipinski definition) is 0. The standard InChI is InChI=1S/C16H19FN2O2S/c1-4-18(12(3)13-5-7-14(17)8-6-13)15(20)9-19-11(2)10-22-16(19)21/h5-8,10,12H,4,9H2,1-3H3. The molecule has 0 bridgehead atoms. The Morgan fingerprint density at radius 2 is 2.00 bits per heavy atom. The van der Waals surface area contributed by atoms with Gasteiger partial charge in [-0.25, -0.2) is 4.39 Å². The quantitative estimate of drug-likeness (QED) is 0.849. The molecule has 0 aliphatic rings. The van der Waals surface area contributed by atoms with Gasteiger partial charge in [-0.05, 0) is 38.5 Å². The van der Waals surface area contributed by atoms with Gasteiger partial charge in [-0.1, -0.05) is 23.5 Å². The van der Waals surface area contributed by atoms with Gasteiger partial charge < -0.3 is 4.90 Å². The number of carbonyl (C=O) groups is 1. The first-order valence-electron chi connectivity index (χ1n) is 7.14. The zero-order chi connectivity index (χ0) is 16.3. The van der Waals surface area contributed by atoms with Gasteiger partial charge >= 0.3 is 4.87 Å². The predicted molar refractivity (Wildman–Crippen MR) is 85.5 cm³/mol. The van der Waals surface area contributed by atoms with Crippen LogP contribution >= 0.6 is 11.3 Å². The third-order valence-electron chi connectivity index (χ3n) is 3.75. The van der Waals surface area contributed by atoms with Crippen LogP contribution in [0.15, 0.2) is 34.4 Å². The number of benzene rings is 1. The van der Waals surface area contributed by atoms with Crippen molar-refractivity contribution in [2.45, 2.75) is 33.4 Å². The summed E-state index contributed by atoms with van der Waals surface area (Å²) in [5.41, 5.74) is 1.65. The summed E-state index contributed by atoms with van der Waals surface area (Å²) in [7, 11) is 0. The molecule has 0 fully saturated rings. The summed E-state index contributed by atoms with van der Waals surface area (Å²) < 4.78 is 14.5. The number of rotatable bonds is 5. The molecule has 6 heteroatoms. The first-order valence-corrected chi connectivity index (χ1v) is 8.01. The largest absolute Gasteiger partial charge is 0.335 e. The molecule has 2 aromatic rings. The number of aryl methyl sites for hydroxylation is 1. The van der Waals surface area contributed by atoms with Crippen molar-refractivity contribution in [2.75, 3.05) is 6.54 Å². The maximum Gasteiger partial charge on any atom is 0.307 e. The molecular formula is C16H19FN2O2S. The van der Waals surface area contributed by atoms with Crippen molar-refractivity contribution in [1.82, 2.24) is 9.47 Å². The van der Waals surface area contributed by atoms with Crippen LogP contribution in [0.4, 0.5) is 4.39 Å². The molecule has 118 valence electrons. The maximum atomic E-state index is 13.0. The number of amides is 1. The maximum absolute atomic E-state index is 13.0. The Bertz CT molecular complexity index is 706. The van der Waals surface area contributed by atoms with E-state index in [0.29, 0.717) is 6.54 Å². The highest BCUT2D eigenvalue weighted by Crippen LogP contribution is 2.20. The number of likely N-dealkylation sites (N-methyl/N-ethyl adjacent to an activating group) is 1. The summed E-state index contributed by atoms with van der Waals surface area (Å²) in [6.07, 6.45) is 0. The molecule has 2 rings (SSSR count). The highest BCUT2D eigenvalue weighted by Gasteiger charge is 2.21. The second-order valence-corrected chi connectivity index (χ2v) is 5.96.